The molecule has 18 heavy (non-hydrogen) atoms. The van der Waals surface area contributed by atoms with Gasteiger partial charge in [-0.25, -0.2) is 0 Å². The molecule has 2 aromatic rings. The van der Waals surface area contributed by atoms with Crippen LogP contribution in [-0.4, -0.2) is 26.7 Å². The van der Waals surface area contributed by atoms with Crippen molar-refractivity contribution in [2.45, 2.75) is 20.0 Å². The first-order chi connectivity index (χ1) is 8.49. The Bertz CT molecular complexity index is 606. The lowest BCUT2D eigenvalue weighted by Crippen LogP contribution is -2.19. The maximum absolute atomic E-state index is 13.5. The van der Waals surface area contributed by atoms with Gasteiger partial charge in [0.15, 0.2) is 5.65 Å². The molecule has 0 saturated carbocycles. The van der Waals surface area contributed by atoms with E-state index in [9.17, 15) is 8.78 Å². The van der Waals surface area contributed by atoms with Crippen LogP contribution in [-0.2, 0) is 10.8 Å². The van der Waals surface area contributed by atoms with Crippen LogP contribution in [0.3, 0.4) is 0 Å². The molecule has 0 aliphatic carbocycles. The van der Waals surface area contributed by atoms with E-state index in [-0.39, 0.29) is 5.65 Å². The molecule has 2 aromatic heterocycles. The summed E-state index contributed by atoms with van der Waals surface area (Å²) in [5.74, 6) is -0.562. The number of rotatable bonds is 3. The molecule has 0 N–H and O–H groups in total. The molecule has 0 saturated heterocycles. The predicted molar refractivity (Wildman–Crippen MR) is 61.0 cm³/mol. The van der Waals surface area contributed by atoms with Crippen molar-refractivity contribution in [2.24, 2.45) is 0 Å². The number of methoxy groups -OCH3 is 1. The van der Waals surface area contributed by atoms with Crippen molar-refractivity contribution in [2.75, 3.05) is 7.11 Å². The maximum atomic E-state index is 13.5. The molecule has 2 rings (SSSR count). The second-order valence-corrected chi connectivity index (χ2v) is 3.72. The molecule has 0 amide bonds. The number of hydrogen-bond acceptors (Lipinski definition) is 4. The third-order valence-corrected chi connectivity index (χ3v) is 2.65. The van der Waals surface area contributed by atoms with Crippen LogP contribution in [0.5, 0.6) is 0 Å². The molecule has 0 bridgehead atoms. The molecule has 96 valence electrons. The van der Waals surface area contributed by atoms with Crippen LogP contribution < -0.4 is 0 Å². The molecule has 2 heterocycles. The van der Waals surface area contributed by atoms with Gasteiger partial charge in [0.25, 0.3) is 0 Å². The van der Waals surface area contributed by atoms with Crippen molar-refractivity contribution in [1.29, 1.82) is 0 Å². The van der Waals surface area contributed by atoms with Gasteiger partial charge < -0.3 is 4.74 Å². The van der Waals surface area contributed by atoms with E-state index in [0.717, 1.165) is 12.7 Å². The largest absolute Gasteiger partial charge is 0.417 e. The van der Waals surface area contributed by atoms with E-state index >= 15 is 0 Å². The highest BCUT2D eigenvalue weighted by atomic mass is 19.3. The van der Waals surface area contributed by atoms with E-state index in [1.54, 1.807) is 0 Å². The monoisotopic (exact) mass is 254 g/mol. The fourth-order valence-electron chi connectivity index (χ4n) is 1.44. The maximum Gasteiger partial charge on any atom is 0.417 e. The number of nitrogens with zero attached hydrogens (tertiary/aromatic N) is 4. The van der Waals surface area contributed by atoms with Crippen LogP contribution in [0.2, 0.25) is 0 Å². The summed E-state index contributed by atoms with van der Waals surface area (Å²) in [5, 5.41) is 7.07. The topological polar surface area (TPSA) is 52.3 Å². The van der Waals surface area contributed by atoms with Crippen molar-refractivity contribution in [1.82, 2.24) is 19.6 Å². The molecule has 7 heteroatoms. The summed E-state index contributed by atoms with van der Waals surface area (Å²) in [5.41, 5.74) is 1.70. The van der Waals surface area contributed by atoms with Gasteiger partial charge in [0.05, 0.1) is 11.9 Å². The zero-order valence-corrected chi connectivity index (χ0v) is 10.2. The lowest BCUT2D eigenvalue weighted by Gasteiger charge is -2.11. The first-order valence-corrected chi connectivity index (χ1v) is 5.27. The third kappa shape index (κ3) is 1.97. The number of ether oxygens (including phenoxy) is 1. The molecule has 0 spiro atoms. The van der Waals surface area contributed by atoms with Crippen LogP contribution >= 0.6 is 0 Å². The number of hydrogen-bond donors (Lipinski definition) is 0. The lowest BCUT2D eigenvalue weighted by molar-refractivity contribution is -0.237. The van der Waals surface area contributed by atoms with Gasteiger partial charge in [0.2, 0.25) is 5.82 Å². The Labute approximate surface area is 102 Å². The Kier molecular flexibility index (Phi) is 3.08. The first-order valence-electron chi connectivity index (χ1n) is 5.27. The van der Waals surface area contributed by atoms with Gasteiger partial charge in [-0.05, 0) is 19.4 Å². The van der Waals surface area contributed by atoms with E-state index < -0.39 is 11.9 Å². The SMILES string of the molecule is C/C=C(\C)c1cn2c(C(F)(F)OC)nnc2cn1. The smallest absolute Gasteiger partial charge is 0.317 e. The Morgan fingerprint density at radius 2 is 2.17 bits per heavy atom. The van der Waals surface area contributed by atoms with E-state index in [2.05, 4.69) is 19.9 Å². The van der Waals surface area contributed by atoms with Crippen LogP contribution in [0.15, 0.2) is 18.5 Å². The number of aromatic nitrogens is 4. The van der Waals surface area contributed by atoms with Gasteiger partial charge >= 0.3 is 6.11 Å². The Balaban J connectivity index is 2.64. The van der Waals surface area contributed by atoms with E-state index in [1.807, 2.05) is 19.9 Å². The van der Waals surface area contributed by atoms with Crippen LogP contribution in [0.1, 0.15) is 25.4 Å². The number of allylic oxidation sites excluding steroid dienone is 2. The molecule has 0 aliphatic heterocycles. The Hall–Kier alpha value is -1.89. The molecular formula is C11H12F2N4O. The zero-order chi connectivity index (χ0) is 13.3. The number of alkyl halides is 2. The summed E-state index contributed by atoms with van der Waals surface area (Å²) in [7, 11) is 0.917. The summed E-state index contributed by atoms with van der Waals surface area (Å²) in [6.45, 7) is 3.69. The zero-order valence-electron chi connectivity index (χ0n) is 10.2. The van der Waals surface area contributed by atoms with Crippen LogP contribution in [0.4, 0.5) is 8.78 Å². The molecule has 0 unspecified atom stereocenters. The molecule has 0 aliphatic rings. The first kappa shape index (κ1) is 12.6. The summed E-state index contributed by atoms with van der Waals surface area (Å²) < 4.78 is 32.3. The Morgan fingerprint density at radius 3 is 2.78 bits per heavy atom. The van der Waals surface area contributed by atoms with Gasteiger partial charge in [-0.2, -0.15) is 8.78 Å². The standard InChI is InChI=1S/C11H12F2N4O/c1-4-7(2)8-6-17-9(5-14-8)15-16-10(17)11(12,13)18-3/h4-6H,1-3H3/b7-4+. The highest BCUT2D eigenvalue weighted by Gasteiger charge is 2.37. The summed E-state index contributed by atoms with van der Waals surface area (Å²) in [4.78, 5) is 4.12. The van der Waals surface area contributed by atoms with Gasteiger partial charge in [-0.1, -0.05) is 6.08 Å². The fourth-order valence-corrected chi connectivity index (χ4v) is 1.44. The average Bonchev–Trinajstić information content (AvgIpc) is 2.81. The predicted octanol–water partition coefficient (Wildman–Crippen LogP) is 2.24. The highest BCUT2D eigenvalue weighted by Crippen LogP contribution is 2.27. The molecular weight excluding hydrogens is 242 g/mol. The van der Waals surface area contributed by atoms with Crippen molar-refractivity contribution in [3.8, 4) is 0 Å². The van der Waals surface area contributed by atoms with Crippen molar-refractivity contribution in [3.63, 3.8) is 0 Å². The Morgan fingerprint density at radius 1 is 1.44 bits per heavy atom. The number of halogens is 2. The van der Waals surface area contributed by atoms with Crippen molar-refractivity contribution >= 4 is 11.2 Å². The second-order valence-electron chi connectivity index (χ2n) is 3.72. The highest BCUT2D eigenvalue weighted by molar-refractivity contribution is 5.60. The minimum absolute atomic E-state index is 0.245. The lowest BCUT2D eigenvalue weighted by atomic mass is 10.2. The minimum atomic E-state index is -3.48. The van der Waals surface area contributed by atoms with E-state index in [1.165, 1.54) is 16.8 Å². The summed E-state index contributed by atoms with van der Waals surface area (Å²) >= 11 is 0. The van der Waals surface area contributed by atoms with Crippen molar-refractivity contribution in [3.05, 3.63) is 30.0 Å². The summed E-state index contributed by atoms with van der Waals surface area (Å²) in [6, 6.07) is 0. The van der Waals surface area contributed by atoms with Crippen LogP contribution in [0.25, 0.3) is 11.2 Å². The van der Waals surface area contributed by atoms with Crippen LogP contribution in [0, 0.1) is 0 Å². The van der Waals surface area contributed by atoms with Gasteiger partial charge in [0, 0.05) is 13.3 Å². The van der Waals surface area contributed by atoms with Crippen molar-refractivity contribution < 1.29 is 13.5 Å². The number of fused-ring (bicyclic) bond motifs is 1. The molecule has 0 radical (unpaired) electrons. The minimum Gasteiger partial charge on any atom is -0.317 e. The average molecular weight is 254 g/mol. The summed E-state index contributed by atoms with van der Waals surface area (Å²) in [6.07, 6.45) is 1.21. The fraction of sp³-hybridized carbons (Fsp3) is 0.364. The van der Waals surface area contributed by atoms with Gasteiger partial charge in [0.1, 0.15) is 0 Å². The van der Waals surface area contributed by atoms with E-state index in [4.69, 9.17) is 0 Å². The van der Waals surface area contributed by atoms with E-state index in [0.29, 0.717) is 5.69 Å². The molecule has 5 nitrogen and oxygen atoms in total. The third-order valence-electron chi connectivity index (χ3n) is 2.65. The molecule has 0 atom stereocenters. The van der Waals surface area contributed by atoms with Gasteiger partial charge in [-0.3, -0.25) is 9.38 Å². The normalized spacial score (nSPS) is 13.3. The molecule has 0 aromatic carbocycles. The second kappa shape index (κ2) is 4.41. The quantitative estimate of drug-likeness (QED) is 0.843. The van der Waals surface area contributed by atoms with Gasteiger partial charge in [-0.15, -0.1) is 10.2 Å². The molecule has 0 fully saturated rings.